The van der Waals surface area contributed by atoms with Gasteiger partial charge in [0.2, 0.25) is 0 Å². The number of furan rings is 1. The second-order valence-electron chi connectivity index (χ2n) is 5.01. The summed E-state index contributed by atoms with van der Waals surface area (Å²) in [7, 11) is 0. The zero-order valence-electron chi connectivity index (χ0n) is 11.8. The quantitative estimate of drug-likeness (QED) is 0.618. The van der Waals surface area contributed by atoms with Gasteiger partial charge in [0.05, 0.1) is 16.9 Å². The summed E-state index contributed by atoms with van der Waals surface area (Å²) in [5.74, 6) is -0.782. The zero-order chi connectivity index (χ0) is 15.7. The van der Waals surface area contributed by atoms with E-state index in [1.165, 1.54) is 0 Å². The third-order valence-corrected chi connectivity index (χ3v) is 4.34. The summed E-state index contributed by atoms with van der Waals surface area (Å²) >= 11 is 6.20. The van der Waals surface area contributed by atoms with Crippen LogP contribution in [-0.4, -0.2) is 27.1 Å². The summed E-state index contributed by atoms with van der Waals surface area (Å²) in [4.78, 5) is 25.1. The van der Waals surface area contributed by atoms with E-state index in [0.717, 1.165) is 22.4 Å². The van der Waals surface area contributed by atoms with E-state index in [1.807, 2.05) is 0 Å². The molecule has 1 aromatic rings. The van der Waals surface area contributed by atoms with Gasteiger partial charge in [-0.25, -0.2) is 0 Å². The minimum absolute atomic E-state index is 0.220. The van der Waals surface area contributed by atoms with Crippen molar-refractivity contribution in [1.29, 1.82) is 0 Å². The van der Waals surface area contributed by atoms with E-state index < -0.39 is 17.9 Å². The fraction of sp³-hybridized carbons (Fsp3) is 0.357. The van der Waals surface area contributed by atoms with Crippen molar-refractivity contribution in [3.05, 3.63) is 28.6 Å². The number of carboxylic acid groups (broad SMARTS) is 1. The van der Waals surface area contributed by atoms with Gasteiger partial charge in [-0.15, -0.1) is 0 Å². The molecule has 1 aliphatic heterocycles. The molecule has 112 valence electrons. The lowest BCUT2D eigenvalue weighted by atomic mass is 10.0. The van der Waals surface area contributed by atoms with Crippen molar-refractivity contribution >= 4 is 46.3 Å². The van der Waals surface area contributed by atoms with Crippen LogP contribution in [0, 0.1) is 12.8 Å². The number of aryl methyl sites for hydroxylation is 1. The molecule has 21 heavy (non-hydrogen) atoms. The van der Waals surface area contributed by atoms with Crippen LogP contribution in [-0.2, 0) is 9.59 Å². The molecule has 0 aromatic carbocycles. The third-order valence-electron chi connectivity index (χ3n) is 3.01. The highest BCUT2D eigenvalue weighted by atomic mass is 32.2. The summed E-state index contributed by atoms with van der Waals surface area (Å²) in [5, 5.41) is 11.3. The van der Waals surface area contributed by atoms with E-state index in [2.05, 4.69) is 0 Å². The standard InChI is InChI=1S/C14H15NO4S2/c1-7(2)11(13(17)18)15-12(16)10(21-14(15)20)6-9-5-4-8(3)19-9/h4-7,11H,1-3H3,(H,17,18)/p-1/b10-6+/t11-/m0/s1. The molecule has 0 N–H and O–H groups in total. The van der Waals surface area contributed by atoms with Crippen molar-refractivity contribution in [1.82, 2.24) is 4.90 Å². The first-order valence-corrected chi connectivity index (χ1v) is 7.58. The van der Waals surface area contributed by atoms with Gasteiger partial charge in [-0.2, -0.15) is 0 Å². The first-order chi connectivity index (χ1) is 9.81. The summed E-state index contributed by atoms with van der Waals surface area (Å²) in [6.45, 7) is 5.21. The number of thioether (sulfide) groups is 1. The molecular formula is C14H14NO4S2-. The van der Waals surface area contributed by atoms with Gasteiger partial charge in [-0.3, -0.25) is 9.69 Å². The van der Waals surface area contributed by atoms with Gasteiger partial charge >= 0.3 is 0 Å². The number of carbonyl (C=O) groups excluding carboxylic acids is 2. The van der Waals surface area contributed by atoms with Crippen LogP contribution < -0.4 is 5.11 Å². The first-order valence-electron chi connectivity index (χ1n) is 6.35. The number of rotatable bonds is 4. The monoisotopic (exact) mass is 324 g/mol. The molecule has 1 atom stereocenters. The molecule has 0 spiro atoms. The molecule has 0 unspecified atom stereocenters. The Hall–Kier alpha value is -1.60. The van der Waals surface area contributed by atoms with Crippen LogP contribution in [0.25, 0.3) is 6.08 Å². The van der Waals surface area contributed by atoms with Crippen LogP contribution in [0.2, 0.25) is 0 Å². The third kappa shape index (κ3) is 3.19. The number of hydrogen-bond donors (Lipinski definition) is 0. The minimum Gasteiger partial charge on any atom is -0.548 e. The van der Waals surface area contributed by atoms with E-state index in [-0.39, 0.29) is 10.2 Å². The van der Waals surface area contributed by atoms with Gasteiger partial charge in [0, 0.05) is 6.08 Å². The van der Waals surface area contributed by atoms with Crippen molar-refractivity contribution in [2.75, 3.05) is 0 Å². The van der Waals surface area contributed by atoms with E-state index in [0.29, 0.717) is 10.7 Å². The van der Waals surface area contributed by atoms with Crippen LogP contribution in [0.5, 0.6) is 0 Å². The lowest BCUT2D eigenvalue weighted by molar-refractivity contribution is -0.311. The molecule has 0 radical (unpaired) electrons. The smallest absolute Gasteiger partial charge is 0.266 e. The number of thiocarbonyl (C=S) groups is 1. The largest absolute Gasteiger partial charge is 0.548 e. The molecule has 0 bridgehead atoms. The topological polar surface area (TPSA) is 73.6 Å². The summed E-state index contributed by atoms with van der Waals surface area (Å²) in [5.41, 5.74) is 0. The number of carboxylic acids is 1. The van der Waals surface area contributed by atoms with E-state index in [4.69, 9.17) is 16.6 Å². The number of aliphatic carboxylic acids is 1. The molecule has 1 fully saturated rings. The fourth-order valence-corrected chi connectivity index (χ4v) is 3.37. The molecule has 5 nitrogen and oxygen atoms in total. The Bertz CT molecular complexity index is 633. The van der Waals surface area contributed by atoms with Crippen LogP contribution in [0.15, 0.2) is 21.5 Å². The van der Waals surface area contributed by atoms with Gasteiger partial charge in [0.15, 0.2) is 0 Å². The van der Waals surface area contributed by atoms with Crippen molar-refractivity contribution in [2.24, 2.45) is 5.92 Å². The Labute approximate surface area is 132 Å². The lowest BCUT2D eigenvalue weighted by Gasteiger charge is -2.30. The number of carbonyl (C=O) groups is 2. The van der Waals surface area contributed by atoms with E-state index >= 15 is 0 Å². The summed E-state index contributed by atoms with van der Waals surface area (Å²) in [6, 6.07) is 2.45. The predicted octanol–water partition coefficient (Wildman–Crippen LogP) is 1.56. The minimum atomic E-state index is -1.31. The van der Waals surface area contributed by atoms with Crippen LogP contribution in [0.1, 0.15) is 25.4 Å². The normalized spacial score (nSPS) is 18.9. The molecule has 1 amide bonds. The Morgan fingerprint density at radius 3 is 2.62 bits per heavy atom. The van der Waals surface area contributed by atoms with Gasteiger partial charge in [-0.1, -0.05) is 37.8 Å². The molecule has 0 aliphatic carbocycles. The summed E-state index contributed by atoms with van der Waals surface area (Å²) < 4.78 is 5.61. The molecule has 1 saturated heterocycles. The number of nitrogens with zero attached hydrogens (tertiary/aromatic N) is 1. The van der Waals surface area contributed by atoms with Crippen LogP contribution in [0.3, 0.4) is 0 Å². The van der Waals surface area contributed by atoms with Crippen LogP contribution >= 0.6 is 24.0 Å². The molecule has 1 aliphatic rings. The summed E-state index contributed by atoms with van der Waals surface area (Å²) in [6.07, 6.45) is 1.57. The van der Waals surface area contributed by atoms with Crippen molar-refractivity contribution in [3.8, 4) is 0 Å². The maximum Gasteiger partial charge on any atom is 0.266 e. The van der Waals surface area contributed by atoms with Crippen molar-refractivity contribution in [2.45, 2.75) is 26.8 Å². The maximum absolute atomic E-state index is 12.4. The highest BCUT2D eigenvalue weighted by Crippen LogP contribution is 2.35. The number of amides is 1. The van der Waals surface area contributed by atoms with Gasteiger partial charge < -0.3 is 14.3 Å². The first kappa shape index (κ1) is 15.8. The van der Waals surface area contributed by atoms with Gasteiger partial charge in [-0.05, 0) is 25.0 Å². The average molecular weight is 324 g/mol. The molecular weight excluding hydrogens is 310 g/mol. The van der Waals surface area contributed by atoms with Crippen molar-refractivity contribution in [3.63, 3.8) is 0 Å². The fourth-order valence-electron chi connectivity index (χ4n) is 2.06. The molecule has 0 saturated carbocycles. The second kappa shape index (κ2) is 6.03. The van der Waals surface area contributed by atoms with Gasteiger partial charge in [0.25, 0.3) is 5.91 Å². The Kier molecular flexibility index (Phi) is 4.53. The maximum atomic E-state index is 12.4. The molecule has 2 heterocycles. The molecule has 7 heteroatoms. The average Bonchev–Trinajstić information content (AvgIpc) is 2.88. The lowest BCUT2D eigenvalue weighted by Crippen LogP contribution is -2.52. The molecule has 1 aromatic heterocycles. The predicted molar refractivity (Wildman–Crippen MR) is 82.1 cm³/mol. The second-order valence-corrected chi connectivity index (χ2v) is 6.68. The van der Waals surface area contributed by atoms with E-state index in [1.54, 1.807) is 39.0 Å². The highest BCUT2D eigenvalue weighted by Gasteiger charge is 2.39. The number of hydrogen-bond acceptors (Lipinski definition) is 6. The molecule has 2 rings (SSSR count). The SMILES string of the molecule is Cc1ccc(/C=C2/SC(=S)N([C@H](C(=O)[O-])C(C)C)C2=O)o1. The zero-order valence-corrected chi connectivity index (χ0v) is 13.4. The highest BCUT2D eigenvalue weighted by molar-refractivity contribution is 8.26. The van der Waals surface area contributed by atoms with E-state index in [9.17, 15) is 14.7 Å². The van der Waals surface area contributed by atoms with Gasteiger partial charge in [0.1, 0.15) is 15.8 Å². The Morgan fingerprint density at radius 1 is 1.48 bits per heavy atom. The van der Waals surface area contributed by atoms with Crippen LogP contribution in [0.4, 0.5) is 0 Å². The van der Waals surface area contributed by atoms with Crippen molar-refractivity contribution < 1.29 is 19.1 Å². The Morgan fingerprint density at radius 2 is 2.14 bits per heavy atom. The Balaban J connectivity index is 2.32.